The molecule has 5 rings (SSSR count). The molecule has 34 heavy (non-hydrogen) atoms. The number of hydrogen-bond acceptors (Lipinski definition) is 6. The standard InChI is InChI=1S/C25H25N3O6/c29-22(10-5-11-28-23(30)17-6-1-2-7-18(17)24(28)31)26-12-14-27(15-13-26)25(32)21-16-33-19-8-3-4-9-20(19)34-21/h1-4,6-9,21H,5,10-16H2. The summed E-state index contributed by atoms with van der Waals surface area (Å²) in [5.41, 5.74) is 0.825. The number of nitrogens with zero attached hydrogens (tertiary/aromatic N) is 3. The van der Waals surface area contributed by atoms with Crippen LogP contribution in [0.3, 0.4) is 0 Å². The fourth-order valence-corrected chi connectivity index (χ4v) is 4.51. The maximum Gasteiger partial charge on any atom is 0.267 e. The quantitative estimate of drug-likeness (QED) is 0.625. The number of amides is 4. The van der Waals surface area contributed by atoms with Crippen LogP contribution < -0.4 is 9.47 Å². The van der Waals surface area contributed by atoms with Gasteiger partial charge >= 0.3 is 0 Å². The van der Waals surface area contributed by atoms with Crippen molar-refractivity contribution >= 4 is 23.6 Å². The third-order valence-electron chi connectivity index (χ3n) is 6.38. The van der Waals surface area contributed by atoms with Crippen LogP contribution in [0.1, 0.15) is 33.6 Å². The van der Waals surface area contributed by atoms with E-state index in [0.29, 0.717) is 55.2 Å². The first-order valence-electron chi connectivity index (χ1n) is 11.4. The minimum Gasteiger partial charge on any atom is -0.485 e. The van der Waals surface area contributed by atoms with Gasteiger partial charge in [-0.15, -0.1) is 0 Å². The minimum atomic E-state index is -0.697. The summed E-state index contributed by atoms with van der Waals surface area (Å²) < 4.78 is 11.4. The molecule has 176 valence electrons. The maximum atomic E-state index is 12.9. The first-order valence-corrected chi connectivity index (χ1v) is 11.4. The molecule has 2 aromatic rings. The molecule has 9 nitrogen and oxygen atoms in total. The summed E-state index contributed by atoms with van der Waals surface area (Å²) in [5, 5.41) is 0. The Morgan fingerprint density at radius 2 is 1.41 bits per heavy atom. The van der Waals surface area contributed by atoms with Crippen molar-refractivity contribution in [2.45, 2.75) is 18.9 Å². The number of fused-ring (bicyclic) bond motifs is 2. The number of carbonyl (C=O) groups is 4. The van der Waals surface area contributed by atoms with E-state index in [1.807, 2.05) is 12.1 Å². The highest BCUT2D eigenvalue weighted by Crippen LogP contribution is 2.31. The SMILES string of the molecule is O=C(CCCN1C(=O)c2ccccc2C1=O)N1CCN(C(=O)C2COc3ccccc3O2)CC1. The van der Waals surface area contributed by atoms with Gasteiger partial charge in [-0.2, -0.15) is 0 Å². The summed E-state index contributed by atoms with van der Waals surface area (Å²) >= 11 is 0. The zero-order valence-corrected chi connectivity index (χ0v) is 18.6. The zero-order chi connectivity index (χ0) is 23.7. The van der Waals surface area contributed by atoms with Crippen molar-refractivity contribution in [3.8, 4) is 11.5 Å². The third kappa shape index (κ3) is 4.09. The van der Waals surface area contributed by atoms with Crippen LogP contribution in [0.2, 0.25) is 0 Å². The van der Waals surface area contributed by atoms with E-state index >= 15 is 0 Å². The highest BCUT2D eigenvalue weighted by atomic mass is 16.6. The Kier molecular flexibility index (Phi) is 5.91. The summed E-state index contributed by atoms with van der Waals surface area (Å²) in [6, 6.07) is 14.0. The van der Waals surface area contributed by atoms with Crippen LogP contribution in [0.25, 0.3) is 0 Å². The largest absolute Gasteiger partial charge is 0.485 e. The molecule has 0 bridgehead atoms. The molecule has 0 saturated carbocycles. The lowest BCUT2D eigenvalue weighted by Gasteiger charge is -2.37. The first kappa shape index (κ1) is 21.9. The highest BCUT2D eigenvalue weighted by Gasteiger charge is 2.35. The Hall–Kier alpha value is -3.88. The smallest absolute Gasteiger partial charge is 0.267 e. The predicted octanol–water partition coefficient (Wildman–Crippen LogP) is 1.57. The second-order valence-electron chi connectivity index (χ2n) is 8.48. The van der Waals surface area contributed by atoms with E-state index in [4.69, 9.17) is 9.47 Å². The summed E-state index contributed by atoms with van der Waals surface area (Å²) in [4.78, 5) is 55.0. The Labute approximate surface area is 196 Å². The molecular weight excluding hydrogens is 438 g/mol. The highest BCUT2D eigenvalue weighted by molar-refractivity contribution is 6.21. The molecule has 3 aliphatic heterocycles. The van der Waals surface area contributed by atoms with Gasteiger partial charge in [-0.05, 0) is 30.7 Å². The molecule has 0 N–H and O–H groups in total. The lowest BCUT2D eigenvalue weighted by Crippen LogP contribution is -2.55. The second-order valence-corrected chi connectivity index (χ2v) is 8.48. The maximum absolute atomic E-state index is 12.9. The van der Waals surface area contributed by atoms with Crippen LogP contribution in [0.15, 0.2) is 48.5 Å². The van der Waals surface area contributed by atoms with Gasteiger partial charge in [-0.1, -0.05) is 24.3 Å². The topological polar surface area (TPSA) is 96.5 Å². The zero-order valence-electron chi connectivity index (χ0n) is 18.6. The number of rotatable bonds is 5. The molecule has 1 fully saturated rings. The Balaban J connectivity index is 1.07. The lowest BCUT2D eigenvalue weighted by atomic mass is 10.1. The fourth-order valence-electron chi connectivity index (χ4n) is 4.51. The van der Waals surface area contributed by atoms with Crippen molar-refractivity contribution in [1.29, 1.82) is 0 Å². The van der Waals surface area contributed by atoms with Crippen molar-refractivity contribution in [1.82, 2.24) is 14.7 Å². The molecule has 9 heteroatoms. The number of hydrogen-bond donors (Lipinski definition) is 0. The van der Waals surface area contributed by atoms with Gasteiger partial charge in [-0.3, -0.25) is 24.1 Å². The molecule has 0 aliphatic carbocycles. The van der Waals surface area contributed by atoms with E-state index in [1.54, 1.807) is 46.2 Å². The molecule has 1 unspecified atom stereocenters. The summed E-state index contributed by atoms with van der Waals surface area (Å²) in [6.07, 6.45) is -0.0646. The van der Waals surface area contributed by atoms with Gasteiger partial charge in [0.1, 0.15) is 6.61 Å². The molecule has 0 spiro atoms. The monoisotopic (exact) mass is 463 g/mol. The number of imide groups is 1. The number of benzene rings is 2. The minimum absolute atomic E-state index is 0.0464. The second kappa shape index (κ2) is 9.17. The van der Waals surface area contributed by atoms with Gasteiger partial charge in [0.05, 0.1) is 11.1 Å². The van der Waals surface area contributed by atoms with E-state index < -0.39 is 6.10 Å². The van der Waals surface area contributed by atoms with E-state index in [9.17, 15) is 19.2 Å². The number of para-hydroxylation sites is 2. The van der Waals surface area contributed by atoms with Crippen molar-refractivity contribution in [2.24, 2.45) is 0 Å². The molecule has 3 heterocycles. The Morgan fingerprint density at radius 1 is 0.824 bits per heavy atom. The fraction of sp³-hybridized carbons (Fsp3) is 0.360. The average Bonchev–Trinajstić information content (AvgIpc) is 3.13. The van der Waals surface area contributed by atoms with Crippen molar-refractivity contribution in [2.75, 3.05) is 39.3 Å². The predicted molar refractivity (Wildman–Crippen MR) is 121 cm³/mol. The molecule has 2 aromatic carbocycles. The van der Waals surface area contributed by atoms with Gasteiger partial charge in [0.15, 0.2) is 11.5 Å². The summed E-state index contributed by atoms with van der Waals surface area (Å²) in [5.74, 6) is 0.373. The number of ether oxygens (including phenoxy) is 2. The van der Waals surface area contributed by atoms with Crippen LogP contribution in [-0.4, -0.2) is 83.8 Å². The van der Waals surface area contributed by atoms with Crippen molar-refractivity contribution < 1.29 is 28.7 Å². The van der Waals surface area contributed by atoms with Gasteiger partial charge in [0.25, 0.3) is 17.7 Å². The first-order chi connectivity index (χ1) is 16.5. The summed E-state index contributed by atoms with van der Waals surface area (Å²) in [6.45, 7) is 2.07. The average molecular weight is 463 g/mol. The van der Waals surface area contributed by atoms with Crippen LogP contribution >= 0.6 is 0 Å². The van der Waals surface area contributed by atoms with Crippen molar-refractivity contribution in [3.63, 3.8) is 0 Å². The van der Waals surface area contributed by atoms with Crippen LogP contribution in [0, 0.1) is 0 Å². The van der Waals surface area contributed by atoms with Gasteiger partial charge < -0.3 is 19.3 Å². The van der Waals surface area contributed by atoms with Crippen molar-refractivity contribution in [3.05, 3.63) is 59.7 Å². The van der Waals surface area contributed by atoms with Crippen LogP contribution in [0.5, 0.6) is 11.5 Å². The van der Waals surface area contributed by atoms with Gasteiger partial charge in [0, 0.05) is 39.1 Å². The molecule has 0 radical (unpaired) electrons. The molecular formula is C25H25N3O6. The number of carbonyl (C=O) groups excluding carboxylic acids is 4. The van der Waals surface area contributed by atoms with E-state index in [-0.39, 0.29) is 43.2 Å². The molecule has 0 aromatic heterocycles. The van der Waals surface area contributed by atoms with Crippen LogP contribution in [0.4, 0.5) is 0 Å². The number of piperazine rings is 1. The van der Waals surface area contributed by atoms with E-state index in [2.05, 4.69) is 0 Å². The third-order valence-corrected chi connectivity index (χ3v) is 6.38. The molecule has 4 amide bonds. The van der Waals surface area contributed by atoms with Crippen LogP contribution in [-0.2, 0) is 9.59 Å². The molecule has 3 aliphatic rings. The Morgan fingerprint density at radius 3 is 2.09 bits per heavy atom. The summed E-state index contributed by atoms with van der Waals surface area (Å²) in [7, 11) is 0. The molecule has 1 saturated heterocycles. The molecule has 1 atom stereocenters. The normalized spacial score (nSPS) is 19.3. The van der Waals surface area contributed by atoms with E-state index in [1.165, 1.54) is 4.90 Å². The lowest BCUT2D eigenvalue weighted by molar-refractivity contribution is -0.146. The van der Waals surface area contributed by atoms with E-state index in [0.717, 1.165) is 0 Å². The Bertz CT molecular complexity index is 1110. The van der Waals surface area contributed by atoms with Gasteiger partial charge in [0.2, 0.25) is 12.0 Å². The van der Waals surface area contributed by atoms with Gasteiger partial charge in [-0.25, -0.2) is 0 Å².